The van der Waals surface area contributed by atoms with Gasteiger partial charge in [0.2, 0.25) is 0 Å². The van der Waals surface area contributed by atoms with Crippen LogP contribution in [0, 0.1) is 24.9 Å². The van der Waals surface area contributed by atoms with Crippen molar-refractivity contribution in [1.29, 1.82) is 0 Å². The zero-order valence-electron chi connectivity index (χ0n) is 31.4. The Kier molecular flexibility index (Phi) is 11.5. The van der Waals surface area contributed by atoms with Crippen molar-refractivity contribution < 1.29 is 28.9 Å². The summed E-state index contributed by atoms with van der Waals surface area (Å²) in [5, 5.41) is 3.46. The topological polar surface area (TPSA) is 51.8 Å². The van der Waals surface area contributed by atoms with E-state index >= 15 is 0 Å². The van der Waals surface area contributed by atoms with Crippen molar-refractivity contribution >= 4 is 35.2 Å². The number of pyridine rings is 3. The fourth-order valence-corrected chi connectivity index (χ4v) is 7.56. The van der Waals surface area contributed by atoms with Crippen molar-refractivity contribution in [2.75, 3.05) is 0 Å². The summed E-state index contributed by atoms with van der Waals surface area (Å²) in [6, 6.07) is 46.3. The normalized spacial score (nSPS) is 11.5. The Bertz CT molecular complexity index is 2490. The van der Waals surface area contributed by atoms with Crippen LogP contribution in [0.5, 0.6) is 0 Å². The summed E-state index contributed by atoms with van der Waals surface area (Å²) in [6.45, 7) is 13.3. The van der Waals surface area contributed by atoms with Crippen LogP contribution in [0.2, 0.25) is 19.6 Å². The zero-order chi connectivity index (χ0) is 37.2. The van der Waals surface area contributed by atoms with Crippen LogP contribution in [0.4, 0.5) is 4.39 Å². The number of aryl methyl sites for hydroxylation is 1. The Labute approximate surface area is 331 Å². The van der Waals surface area contributed by atoms with Crippen LogP contribution in [0.25, 0.3) is 44.5 Å². The Balaban J connectivity index is 0.000000233. The molecule has 0 aliphatic heterocycles. The first kappa shape index (κ1) is 38.6. The van der Waals surface area contributed by atoms with Crippen molar-refractivity contribution in [3.8, 4) is 22.5 Å². The second-order valence-electron chi connectivity index (χ2n) is 15.0. The second kappa shape index (κ2) is 16.1. The number of nitrogens with zero attached hydrogens (tertiary/aromatic N) is 3. The molecule has 4 aromatic heterocycles. The van der Waals surface area contributed by atoms with E-state index in [1.54, 1.807) is 6.07 Å². The molecular formula is C47H42FIrN3OSi-2. The smallest absolute Gasteiger partial charge is 0.142 e. The molecule has 0 N–H and O–H groups in total. The van der Waals surface area contributed by atoms with Gasteiger partial charge in [-0.05, 0) is 58.7 Å². The summed E-state index contributed by atoms with van der Waals surface area (Å²) in [5.74, 6) is -0.271. The molecule has 0 fully saturated rings. The number of rotatable bonds is 7. The molecule has 54 heavy (non-hydrogen) atoms. The summed E-state index contributed by atoms with van der Waals surface area (Å²) in [5.41, 5.74) is 10.4. The number of aromatic nitrogens is 3. The average molecular weight is 904 g/mol. The van der Waals surface area contributed by atoms with Crippen LogP contribution >= 0.6 is 0 Å². The van der Waals surface area contributed by atoms with Crippen molar-refractivity contribution in [2.24, 2.45) is 0 Å². The Hall–Kier alpha value is -5.07. The maximum atomic E-state index is 12.8. The second-order valence-corrected chi connectivity index (χ2v) is 20.0. The quantitative estimate of drug-likeness (QED) is 0.118. The molecule has 273 valence electrons. The minimum absolute atomic E-state index is 0. The number of hydrogen-bond donors (Lipinski definition) is 0. The molecule has 0 spiro atoms. The van der Waals surface area contributed by atoms with Crippen LogP contribution in [0.1, 0.15) is 41.9 Å². The minimum Gasteiger partial charge on any atom is -0.499 e. The van der Waals surface area contributed by atoms with Gasteiger partial charge in [0.1, 0.15) is 5.58 Å². The molecule has 7 heteroatoms. The molecule has 0 unspecified atom stereocenters. The number of hydrogen-bond acceptors (Lipinski definition) is 4. The van der Waals surface area contributed by atoms with Gasteiger partial charge in [0.25, 0.3) is 0 Å². The number of furan rings is 1. The van der Waals surface area contributed by atoms with Crippen molar-refractivity contribution in [3.05, 3.63) is 180 Å². The number of benzene rings is 4. The fraction of sp³-hybridized carbons (Fsp3) is 0.170. The maximum absolute atomic E-state index is 12.8. The third-order valence-corrected chi connectivity index (χ3v) is 11.8. The molecule has 0 aliphatic rings. The molecule has 0 atom stereocenters. The van der Waals surface area contributed by atoms with Gasteiger partial charge in [-0.15, -0.1) is 48.0 Å². The fourth-order valence-electron chi connectivity index (χ4n) is 6.52. The van der Waals surface area contributed by atoms with E-state index in [0.717, 1.165) is 62.3 Å². The molecule has 0 amide bonds. The molecule has 0 saturated heterocycles. The third kappa shape index (κ3) is 8.34. The summed E-state index contributed by atoms with van der Waals surface area (Å²) in [4.78, 5) is 14.1. The largest absolute Gasteiger partial charge is 0.499 e. The minimum atomic E-state index is -1.30. The van der Waals surface area contributed by atoms with Gasteiger partial charge in [-0.25, -0.2) is 0 Å². The van der Waals surface area contributed by atoms with E-state index in [4.69, 9.17) is 9.40 Å². The van der Waals surface area contributed by atoms with Crippen LogP contribution in [0.3, 0.4) is 0 Å². The van der Waals surface area contributed by atoms with Crippen LogP contribution in [-0.2, 0) is 31.9 Å². The van der Waals surface area contributed by atoms with E-state index in [2.05, 4.69) is 134 Å². The first-order chi connectivity index (χ1) is 25.5. The van der Waals surface area contributed by atoms with Gasteiger partial charge in [-0.1, -0.05) is 123 Å². The molecular weight excluding hydrogens is 862 g/mol. The summed E-state index contributed by atoms with van der Waals surface area (Å²) in [6.07, 6.45) is 4.66. The number of halogens is 1. The van der Waals surface area contributed by atoms with E-state index in [1.807, 2.05) is 43.6 Å². The van der Waals surface area contributed by atoms with Crippen molar-refractivity contribution in [2.45, 2.75) is 52.2 Å². The summed E-state index contributed by atoms with van der Waals surface area (Å²) < 4.78 is 19.2. The molecule has 8 aromatic rings. The molecule has 0 aliphatic carbocycles. The van der Waals surface area contributed by atoms with Gasteiger partial charge in [0.15, 0.2) is 0 Å². The van der Waals surface area contributed by atoms with Gasteiger partial charge in [-0.3, -0.25) is 9.37 Å². The Morgan fingerprint density at radius 1 is 0.741 bits per heavy atom. The van der Waals surface area contributed by atoms with Crippen molar-refractivity contribution in [1.82, 2.24) is 15.0 Å². The first-order valence-corrected chi connectivity index (χ1v) is 21.4. The summed E-state index contributed by atoms with van der Waals surface area (Å²) in [7, 11) is -1.30. The zero-order valence-corrected chi connectivity index (χ0v) is 34.8. The molecule has 4 heterocycles. The van der Waals surface area contributed by atoms with Gasteiger partial charge >= 0.3 is 0 Å². The Morgan fingerprint density at radius 3 is 2.15 bits per heavy atom. The third-order valence-electron chi connectivity index (χ3n) is 9.73. The molecule has 4 aromatic carbocycles. The monoisotopic (exact) mass is 904 g/mol. The molecule has 4 nitrogen and oxygen atoms in total. The molecule has 8 rings (SSSR count). The van der Waals surface area contributed by atoms with Crippen LogP contribution < -0.4 is 5.19 Å². The van der Waals surface area contributed by atoms with E-state index in [1.165, 1.54) is 34.0 Å². The molecule has 0 saturated carbocycles. The Morgan fingerprint density at radius 2 is 1.48 bits per heavy atom. The van der Waals surface area contributed by atoms with Gasteiger partial charge in [0, 0.05) is 49.1 Å². The predicted octanol–water partition coefficient (Wildman–Crippen LogP) is 11.3. The van der Waals surface area contributed by atoms with E-state index < -0.39 is 8.07 Å². The van der Waals surface area contributed by atoms with Crippen molar-refractivity contribution in [3.63, 3.8) is 0 Å². The van der Waals surface area contributed by atoms with Crippen LogP contribution in [0.15, 0.2) is 138 Å². The molecule has 0 bridgehead atoms. The number of fused-ring (bicyclic) bond motifs is 3. The first-order valence-electron chi connectivity index (χ1n) is 17.9. The molecule has 1 radical (unpaired) electrons. The van der Waals surface area contributed by atoms with Crippen LogP contribution in [-0.4, -0.2) is 23.0 Å². The van der Waals surface area contributed by atoms with Gasteiger partial charge in [-0.2, -0.15) is 0 Å². The predicted molar refractivity (Wildman–Crippen MR) is 218 cm³/mol. The average Bonchev–Trinajstić information content (AvgIpc) is 3.56. The van der Waals surface area contributed by atoms with Gasteiger partial charge in [0.05, 0.1) is 25.0 Å². The standard InChI is InChI=1S/C33H27N2O.C14H15FNSi.Ir/c1-22-31-28(21-30(35-22)33(2,3)25-13-8-5-9-14-25)26-15-10-16-27(32(26)36-31)29-20-24(17-18-34-29)19-23-11-6-4-7-12-23;1-17(2,3)13-8-9-14(16-10-13)11-4-6-12(15)7-5-11;/h4-15,17-18,20-21H,19H2,1-3H3;4,6-10H,1-3H3;/q2*-1;. The van der Waals surface area contributed by atoms with Gasteiger partial charge < -0.3 is 14.4 Å². The van der Waals surface area contributed by atoms with E-state index in [9.17, 15) is 4.39 Å². The SMILES string of the molecule is C[Si](C)(C)c1ccc(-c2[c-]cc(F)cc2)nc1.Cc1nc(C(C)(C)c2ccccc2)cc2c1oc1c(-c3cc(Cc4ccccc4)ccn3)[c-]ccc12.[Ir]. The van der Waals surface area contributed by atoms with E-state index in [-0.39, 0.29) is 31.3 Å². The maximum Gasteiger partial charge on any atom is 0.142 e. The summed E-state index contributed by atoms with van der Waals surface area (Å²) >= 11 is 0. The van der Waals surface area contributed by atoms with E-state index in [0.29, 0.717) is 0 Å².